The van der Waals surface area contributed by atoms with Gasteiger partial charge in [0.1, 0.15) is 11.5 Å². The van der Waals surface area contributed by atoms with Crippen LogP contribution in [0.25, 0.3) is 0 Å². The summed E-state index contributed by atoms with van der Waals surface area (Å²) in [7, 11) is 2.25. The van der Waals surface area contributed by atoms with Gasteiger partial charge in [-0.25, -0.2) is 0 Å². The smallest absolute Gasteiger partial charge is 0.146 e. The summed E-state index contributed by atoms with van der Waals surface area (Å²) < 4.78 is 5.92. The van der Waals surface area contributed by atoms with Crippen molar-refractivity contribution >= 4 is 11.6 Å². The molecule has 1 heterocycles. The van der Waals surface area contributed by atoms with Gasteiger partial charge in [0, 0.05) is 6.04 Å². The standard InChI is InChI=1S/C20H24ClNO/c1-22-14-5-4-8-17(22)13-12-16-7-6-9-18(15-16)23-20-11-3-2-10-19(20)21/h2-3,6-7,9-11,15,17H,4-5,8,12-14H2,1H3. The summed E-state index contributed by atoms with van der Waals surface area (Å²) in [4.78, 5) is 2.51. The minimum Gasteiger partial charge on any atom is -0.456 e. The van der Waals surface area contributed by atoms with Crippen molar-refractivity contribution < 1.29 is 4.74 Å². The molecule has 0 N–H and O–H groups in total. The van der Waals surface area contributed by atoms with Crippen molar-refractivity contribution in [3.63, 3.8) is 0 Å². The molecule has 0 aromatic heterocycles. The summed E-state index contributed by atoms with van der Waals surface area (Å²) in [5.41, 5.74) is 1.33. The normalized spacial score (nSPS) is 18.8. The van der Waals surface area contributed by atoms with Crippen molar-refractivity contribution in [1.29, 1.82) is 0 Å². The zero-order valence-corrected chi connectivity index (χ0v) is 14.4. The van der Waals surface area contributed by atoms with Crippen molar-refractivity contribution in [3.8, 4) is 11.5 Å². The molecule has 0 bridgehead atoms. The van der Waals surface area contributed by atoms with E-state index in [1.807, 2.05) is 30.3 Å². The van der Waals surface area contributed by atoms with E-state index in [2.05, 4.69) is 30.1 Å². The van der Waals surface area contributed by atoms with Crippen LogP contribution < -0.4 is 4.74 Å². The third-order valence-electron chi connectivity index (χ3n) is 4.65. The van der Waals surface area contributed by atoms with Crippen molar-refractivity contribution in [2.45, 2.75) is 38.1 Å². The Labute approximate surface area is 144 Å². The molecule has 1 saturated heterocycles. The monoisotopic (exact) mass is 329 g/mol. The van der Waals surface area contributed by atoms with Crippen molar-refractivity contribution in [2.24, 2.45) is 0 Å². The molecule has 3 rings (SSSR count). The van der Waals surface area contributed by atoms with Crippen LogP contribution in [0, 0.1) is 0 Å². The molecule has 0 radical (unpaired) electrons. The Hall–Kier alpha value is -1.51. The van der Waals surface area contributed by atoms with Gasteiger partial charge in [0.2, 0.25) is 0 Å². The van der Waals surface area contributed by atoms with Crippen LogP contribution in [0.5, 0.6) is 11.5 Å². The number of hydrogen-bond donors (Lipinski definition) is 0. The first-order valence-electron chi connectivity index (χ1n) is 8.44. The van der Waals surface area contributed by atoms with E-state index in [1.165, 1.54) is 37.8 Å². The molecule has 0 aliphatic carbocycles. The third-order valence-corrected chi connectivity index (χ3v) is 4.96. The van der Waals surface area contributed by atoms with E-state index in [9.17, 15) is 0 Å². The van der Waals surface area contributed by atoms with Crippen LogP contribution in [0.3, 0.4) is 0 Å². The molecule has 1 fully saturated rings. The summed E-state index contributed by atoms with van der Waals surface area (Å²) in [5, 5.41) is 0.640. The van der Waals surface area contributed by atoms with Gasteiger partial charge in [-0.1, -0.05) is 42.3 Å². The number of para-hydroxylation sites is 1. The van der Waals surface area contributed by atoms with E-state index in [1.54, 1.807) is 0 Å². The minimum atomic E-state index is 0.640. The Bertz CT molecular complexity index is 643. The van der Waals surface area contributed by atoms with Crippen molar-refractivity contribution in [2.75, 3.05) is 13.6 Å². The van der Waals surface area contributed by atoms with Gasteiger partial charge >= 0.3 is 0 Å². The molecule has 1 aliphatic heterocycles. The molecule has 1 atom stereocenters. The second-order valence-corrected chi connectivity index (χ2v) is 6.76. The summed E-state index contributed by atoms with van der Waals surface area (Å²) in [5.74, 6) is 1.56. The highest BCUT2D eigenvalue weighted by Gasteiger charge is 2.18. The molecule has 1 aliphatic rings. The molecule has 0 spiro atoms. The minimum absolute atomic E-state index is 0.640. The summed E-state index contributed by atoms with van der Waals surface area (Å²) >= 11 is 6.16. The first-order valence-corrected chi connectivity index (χ1v) is 8.82. The summed E-state index contributed by atoms with van der Waals surface area (Å²) in [6, 6.07) is 16.7. The topological polar surface area (TPSA) is 12.5 Å². The predicted octanol–water partition coefficient (Wildman–Crippen LogP) is 5.55. The number of aryl methyl sites for hydroxylation is 1. The van der Waals surface area contributed by atoms with E-state index in [0.717, 1.165) is 18.2 Å². The highest BCUT2D eigenvalue weighted by atomic mass is 35.5. The van der Waals surface area contributed by atoms with Crippen molar-refractivity contribution in [3.05, 3.63) is 59.1 Å². The predicted molar refractivity (Wildman–Crippen MR) is 96.6 cm³/mol. The van der Waals surface area contributed by atoms with Gasteiger partial charge < -0.3 is 9.64 Å². The Morgan fingerprint density at radius 1 is 1.13 bits per heavy atom. The van der Waals surface area contributed by atoms with Gasteiger partial charge in [0.05, 0.1) is 5.02 Å². The molecule has 0 amide bonds. The van der Waals surface area contributed by atoms with Gasteiger partial charge in [-0.05, 0) is 69.1 Å². The summed E-state index contributed by atoms with van der Waals surface area (Å²) in [6.07, 6.45) is 6.34. The fraction of sp³-hybridized carbons (Fsp3) is 0.400. The number of hydrogen-bond acceptors (Lipinski definition) is 2. The maximum Gasteiger partial charge on any atom is 0.146 e. The Balaban J connectivity index is 1.62. The van der Waals surface area contributed by atoms with Crippen LogP contribution in [0.1, 0.15) is 31.2 Å². The molecule has 23 heavy (non-hydrogen) atoms. The first-order chi connectivity index (χ1) is 11.2. The maximum absolute atomic E-state index is 6.16. The number of halogens is 1. The highest BCUT2D eigenvalue weighted by molar-refractivity contribution is 6.32. The van der Waals surface area contributed by atoms with E-state index in [-0.39, 0.29) is 0 Å². The van der Waals surface area contributed by atoms with Crippen molar-refractivity contribution in [1.82, 2.24) is 4.90 Å². The molecule has 0 saturated carbocycles. The SMILES string of the molecule is CN1CCCCC1CCc1cccc(Oc2ccccc2Cl)c1. The fourth-order valence-corrected chi connectivity index (χ4v) is 3.44. The lowest BCUT2D eigenvalue weighted by Crippen LogP contribution is -2.36. The lowest BCUT2D eigenvalue weighted by Gasteiger charge is -2.32. The molecular weight excluding hydrogens is 306 g/mol. The number of likely N-dealkylation sites (tertiary alicyclic amines) is 1. The zero-order chi connectivity index (χ0) is 16.1. The summed E-state index contributed by atoms with van der Waals surface area (Å²) in [6.45, 7) is 1.24. The van der Waals surface area contributed by atoms with Gasteiger partial charge in [0.25, 0.3) is 0 Å². The van der Waals surface area contributed by atoms with E-state index >= 15 is 0 Å². The third kappa shape index (κ3) is 4.49. The van der Waals surface area contributed by atoms with Crippen LogP contribution in [0.15, 0.2) is 48.5 Å². The van der Waals surface area contributed by atoms with Gasteiger partial charge in [-0.3, -0.25) is 0 Å². The number of ether oxygens (including phenoxy) is 1. The van der Waals surface area contributed by atoms with Gasteiger partial charge in [-0.15, -0.1) is 0 Å². The maximum atomic E-state index is 6.16. The molecule has 1 unspecified atom stereocenters. The van der Waals surface area contributed by atoms with Crippen LogP contribution in [-0.4, -0.2) is 24.5 Å². The molecule has 2 nitrogen and oxygen atoms in total. The lowest BCUT2D eigenvalue weighted by molar-refractivity contribution is 0.176. The Morgan fingerprint density at radius 2 is 2.00 bits per heavy atom. The van der Waals surface area contributed by atoms with Crippen LogP contribution >= 0.6 is 11.6 Å². The molecule has 3 heteroatoms. The van der Waals surface area contributed by atoms with Gasteiger partial charge in [0.15, 0.2) is 0 Å². The fourth-order valence-electron chi connectivity index (χ4n) is 3.26. The number of benzene rings is 2. The Kier molecular flexibility index (Phi) is 5.58. The molecule has 2 aromatic carbocycles. The first kappa shape index (κ1) is 16.4. The average Bonchev–Trinajstić information content (AvgIpc) is 2.57. The zero-order valence-electron chi connectivity index (χ0n) is 13.7. The van der Waals surface area contributed by atoms with E-state index in [4.69, 9.17) is 16.3 Å². The highest BCUT2D eigenvalue weighted by Crippen LogP contribution is 2.29. The number of piperidine rings is 1. The second kappa shape index (κ2) is 7.85. The lowest BCUT2D eigenvalue weighted by atomic mass is 9.96. The van der Waals surface area contributed by atoms with Crippen LogP contribution in [0.4, 0.5) is 0 Å². The molecule has 122 valence electrons. The number of rotatable bonds is 5. The quantitative estimate of drug-likeness (QED) is 0.713. The van der Waals surface area contributed by atoms with Crippen LogP contribution in [-0.2, 0) is 6.42 Å². The van der Waals surface area contributed by atoms with Gasteiger partial charge in [-0.2, -0.15) is 0 Å². The average molecular weight is 330 g/mol. The molecular formula is C20H24ClNO. The number of nitrogens with zero attached hydrogens (tertiary/aromatic N) is 1. The molecule has 2 aromatic rings. The van der Waals surface area contributed by atoms with E-state index in [0.29, 0.717) is 10.8 Å². The van der Waals surface area contributed by atoms with Crippen LogP contribution in [0.2, 0.25) is 5.02 Å². The Morgan fingerprint density at radius 3 is 2.83 bits per heavy atom. The largest absolute Gasteiger partial charge is 0.456 e. The second-order valence-electron chi connectivity index (χ2n) is 6.35. The van der Waals surface area contributed by atoms with E-state index < -0.39 is 0 Å².